The highest BCUT2D eigenvalue weighted by molar-refractivity contribution is 7.17. The molecule has 2 saturated heterocycles. The van der Waals surface area contributed by atoms with Gasteiger partial charge in [0.05, 0.1) is 23.4 Å². The normalized spacial score (nSPS) is 17.9. The number of piperazine rings is 1. The Balaban J connectivity index is 0.844. The number of benzene rings is 3. The summed E-state index contributed by atoms with van der Waals surface area (Å²) in [6, 6.07) is 17.3. The standard InChI is InChI=1S/C46H53ClN10O4S/c1-5-32-22-36(39(59)24-38(32)58)44-51-52-46(61)57(44)35-12-6-30(7-13-35)25-53-18-20-54(21-19-53)26-31-14-16-55(17-15-31)40(60)23-37-43(49)56(29(4)48)45-41(27(2)28(3)62-45)42(50-37)33-8-10-34(47)11-9-33/h6-13,22,24,31,37,48-49,58-59H,5,14-21,23,25-26H2,1-4H3,(H,52,61). The minimum absolute atomic E-state index is 0.00534. The van der Waals surface area contributed by atoms with E-state index in [2.05, 4.69) is 26.9 Å². The first-order valence-corrected chi connectivity index (χ1v) is 22.4. The van der Waals surface area contributed by atoms with E-state index in [0.717, 1.165) is 90.0 Å². The Bertz CT molecular complexity index is 2520. The number of piperidine rings is 1. The molecule has 5 N–H and O–H groups in total. The van der Waals surface area contributed by atoms with E-state index in [1.54, 1.807) is 29.2 Å². The van der Waals surface area contributed by atoms with E-state index in [-0.39, 0.29) is 47.3 Å². The van der Waals surface area contributed by atoms with Crippen molar-refractivity contribution in [1.29, 1.82) is 10.8 Å². The van der Waals surface area contributed by atoms with E-state index in [1.807, 2.05) is 67.3 Å². The monoisotopic (exact) mass is 876 g/mol. The van der Waals surface area contributed by atoms with Gasteiger partial charge in [0.15, 0.2) is 5.82 Å². The number of halogens is 1. The first kappa shape index (κ1) is 43.1. The third kappa shape index (κ3) is 8.71. The third-order valence-corrected chi connectivity index (χ3v) is 13.9. The number of aryl methyl sites for hydroxylation is 2. The number of fused-ring (bicyclic) bond motifs is 1. The Kier molecular flexibility index (Phi) is 12.5. The molecule has 1 unspecified atom stereocenters. The molecule has 2 fully saturated rings. The van der Waals surface area contributed by atoms with Crippen molar-refractivity contribution in [2.75, 3.05) is 50.7 Å². The molecule has 0 spiro atoms. The summed E-state index contributed by atoms with van der Waals surface area (Å²) in [6.07, 6.45) is 2.48. The van der Waals surface area contributed by atoms with Crippen LogP contribution in [-0.2, 0) is 17.8 Å². The van der Waals surface area contributed by atoms with Crippen LogP contribution in [0.1, 0.15) is 65.8 Å². The van der Waals surface area contributed by atoms with Crippen molar-refractivity contribution in [1.82, 2.24) is 29.5 Å². The van der Waals surface area contributed by atoms with Crippen molar-refractivity contribution in [3.8, 4) is 34.6 Å². The lowest BCUT2D eigenvalue weighted by Crippen LogP contribution is -2.49. The zero-order valence-corrected chi connectivity index (χ0v) is 37.1. The number of nitrogens with one attached hydrogen (secondary N) is 2. The first-order chi connectivity index (χ1) is 29.8. The topological polar surface area (TPSA) is 181 Å². The van der Waals surface area contributed by atoms with Gasteiger partial charge in [-0.2, -0.15) is 0 Å². The number of phenols is 2. The number of amides is 1. The number of hydrogen-bond acceptors (Lipinski definition) is 12. The maximum Gasteiger partial charge on any atom is 0.319 e. The largest absolute Gasteiger partial charge is 0.508 e. The molecule has 3 aliphatic heterocycles. The van der Waals surface area contributed by atoms with Crippen LogP contribution in [0.4, 0.5) is 5.00 Å². The SMILES string of the molecule is CCc1cc(-c2nnc(O)n2-c2ccc(CN3CCN(CC4CCN(C(=O)CC5N=C(c6ccc(Cl)cc6)c6c(sc(C)c6C)N(C(C)=N)C5=N)CC4)CC3)cc2)c(O)cc1O. The maximum absolute atomic E-state index is 13.9. The van der Waals surface area contributed by atoms with E-state index in [0.29, 0.717) is 47.3 Å². The molecule has 5 heterocycles. The lowest BCUT2D eigenvalue weighted by Gasteiger charge is -2.39. The number of nitrogens with zero attached hydrogens (tertiary/aromatic N) is 8. The summed E-state index contributed by atoms with van der Waals surface area (Å²) in [5.74, 6) is 0.984. The van der Waals surface area contributed by atoms with Crippen molar-refractivity contribution in [2.24, 2.45) is 10.9 Å². The van der Waals surface area contributed by atoms with Gasteiger partial charge < -0.3 is 25.1 Å². The molecular weight excluding hydrogens is 824 g/mol. The number of thiophene rings is 1. The Hall–Kier alpha value is -5.61. The smallest absolute Gasteiger partial charge is 0.319 e. The predicted molar refractivity (Wildman–Crippen MR) is 245 cm³/mol. The number of carbonyl (C=O) groups is 1. The molecule has 2 aromatic heterocycles. The van der Waals surface area contributed by atoms with Crippen LogP contribution in [0.5, 0.6) is 17.5 Å². The van der Waals surface area contributed by atoms with Crippen molar-refractivity contribution in [3.63, 3.8) is 0 Å². The maximum atomic E-state index is 13.9. The van der Waals surface area contributed by atoms with Crippen LogP contribution in [0.25, 0.3) is 17.1 Å². The highest BCUT2D eigenvalue weighted by Gasteiger charge is 2.36. The quantitative estimate of drug-likeness (QED) is 0.0706. The molecule has 0 aliphatic carbocycles. The van der Waals surface area contributed by atoms with Gasteiger partial charge in [0, 0.05) is 79.5 Å². The van der Waals surface area contributed by atoms with Gasteiger partial charge in [0.2, 0.25) is 5.91 Å². The molecule has 3 aliphatic rings. The number of phenolic OH excluding ortho intramolecular Hbond substituents is 2. The predicted octanol–water partition coefficient (Wildman–Crippen LogP) is 7.39. The van der Waals surface area contributed by atoms with Gasteiger partial charge in [0.1, 0.15) is 34.2 Å². The van der Waals surface area contributed by atoms with Crippen LogP contribution in [0.2, 0.25) is 5.02 Å². The van der Waals surface area contributed by atoms with Gasteiger partial charge in [-0.1, -0.05) is 47.9 Å². The molecule has 5 aromatic rings. The number of aromatic nitrogens is 3. The van der Waals surface area contributed by atoms with E-state index in [1.165, 1.54) is 10.6 Å². The van der Waals surface area contributed by atoms with Crippen molar-refractivity contribution in [2.45, 2.75) is 66.0 Å². The third-order valence-electron chi connectivity index (χ3n) is 12.5. The van der Waals surface area contributed by atoms with Crippen LogP contribution in [0, 0.1) is 30.6 Å². The summed E-state index contributed by atoms with van der Waals surface area (Å²) in [6.45, 7) is 14.7. The number of aromatic hydroxyl groups is 3. The lowest BCUT2D eigenvalue weighted by molar-refractivity contribution is -0.132. The molecule has 1 atom stereocenters. The second-order valence-corrected chi connectivity index (χ2v) is 18.2. The molecular formula is C46H53ClN10O4S. The molecule has 324 valence electrons. The average molecular weight is 878 g/mol. The fourth-order valence-corrected chi connectivity index (χ4v) is 10.2. The van der Waals surface area contributed by atoms with Crippen molar-refractivity contribution < 1.29 is 20.1 Å². The Morgan fingerprint density at radius 2 is 1.58 bits per heavy atom. The molecule has 1 amide bonds. The van der Waals surface area contributed by atoms with E-state index < -0.39 is 6.04 Å². The van der Waals surface area contributed by atoms with E-state index in [9.17, 15) is 25.5 Å². The van der Waals surface area contributed by atoms with Crippen LogP contribution >= 0.6 is 22.9 Å². The average Bonchev–Trinajstić information content (AvgIpc) is 3.74. The lowest BCUT2D eigenvalue weighted by atomic mass is 9.95. The molecule has 62 heavy (non-hydrogen) atoms. The van der Waals surface area contributed by atoms with Gasteiger partial charge in [-0.15, -0.1) is 16.4 Å². The van der Waals surface area contributed by atoms with Crippen molar-refractivity contribution in [3.05, 3.63) is 98.4 Å². The minimum atomic E-state index is -0.740. The minimum Gasteiger partial charge on any atom is -0.508 e. The number of carbonyl (C=O) groups excluding carboxylic acids is 1. The molecule has 8 rings (SSSR count). The number of anilines is 1. The second kappa shape index (κ2) is 18.0. The van der Waals surface area contributed by atoms with Crippen LogP contribution < -0.4 is 4.90 Å². The summed E-state index contributed by atoms with van der Waals surface area (Å²) in [7, 11) is 0. The molecule has 0 radical (unpaired) electrons. The Morgan fingerprint density at radius 1 is 0.903 bits per heavy atom. The van der Waals surface area contributed by atoms with E-state index >= 15 is 0 Å². The number of amidine groups is 2. The molecule has 14 nitrogen and oxygen atoms in total. The first-order valence-electron chi connectivity index (χ1n) is 21.2. The van der Waals surface area contributed by atoms with Gasteiger partial charge in [0.25, 0.3) is 0 Å². The molecule has 16 heteroatoms. The van der Waals surface area contributed by atoms with Gasteiger partial charge in [-0.05, 0) is 93.0 Å². The van der Waals surface area contributed by atoms with Gasteiger partial charge >= 0.3 is 6.01 Å². The van der Waals surface area contributed by atoms with Crippen LogP contribution in [0.3, 0.4) is 0 Å². The molecule has 0 bridgehead atoms. The second-order valence-electron chi connectivity index (χ2n) is 16.6. The van der Waals surface area contributed by atoms with Crippen molar-refractivity contribution >= 4 is 51.2 Å². The van der Waals surface area contributed by atoms with Crippen LogP contribution in [0.15, 0.2) is 65.7 Å². The summed E-state index contributed by atoms with van der Waals surface area (Å²) in [4.78, 5) is 28.8. The molecule has 3 aromatic carbocycles. The fraction of sp³-hybridized carbons (Fsp3) is 0.391. The highest BCUT2D eigenvalue weighted by atomic mass is 35.5. The fourth-order valence-electron chi connectivity index (χ4n) is 8.82. The number of rotatable bonds is 10. The summed E-state index contributed by atoms with van der Waals surface area (Å²) in [5.41, 5.74) is 6.36. The van der Waals surface area contributed by atoms with Gasteiger partial charge in [-0.3, -0.25) is 30.4 Å². The number of hydrogen-bond donors (Lipinski definition) is 5. The Labute approximate surface area is 370 Å². The summed E-state index contributed by atoms with van der Waals surface area (Å²) < 4.78 is 1.49. The molecule has 0 saturated carbocycles. The van der Waals surface area contributed by atoms with Crippen LogP contribution in [-0.4, -0.2) is 120 Å². The summed E-state index contributed by atoms with van der Waals surface area (Å²) in [5, 5.41) is 58.8. The zero-order chi connectivity index (χ0) is 43.8. The Morgan fingerprint density at radius 3 is 2.24 bits per heavy atom. The van der Waals surface area contributed by atoms with Gasteiger partial charge in [-0.25, -0.2) is 4.57 Å². The van der Waals surface area contributed by atoms with E-state index in [4.69, 9.17) is 22.0 Å². The zero-order valence-electron chi connectivity index (χ0n) is 35.5. The summed E-state index contributed by atoms with van der Waals surface area (Å²) >= 11 is 7.80. The number of likely N-dealkylation sites (tertiary alicyclic amines) is 1. The highest BCUT2D eigenvalue weighted by Crippen LogP contribution is 2.41. The number of aliphatic imine (C=N–C) groups is 1.